The van der Waals surface area contributed by atoms with E-state index in [9.17, 15) is 9.90 Å². The van der Waals surface area contributed by atoms with Crippen molar-refractivity contribution >= 4 is 29.2 Å². The molecule has 1 saturated heterocycles. The van der Waals surface area contributed by atoms with Crippen molar-refractivity contribution in [2.24, 2.45) is 0 Å². The molecule has 3 nitrogen and oxygen atoms in total. The van der Waals surface area contributed by atoms with Crippen molar-refractivity contribution in [3.8, 4) is 0 Å². The molecule has 2 N–H and O–H groups in total. The van der Waals surface area contributed by atoms with E-state index in [1.165, 1.54) is 0 Å². The Bertz CT molecular complexity index is 428. The molecule has 2 rings (SSSR count). The third-order valence-corrected chi connectivity index (χ3v) is 3.78. The van der Waals surface area contributed by atoms with E-state index in [1.807, 2.05) is 0 Å². The molecule has 1 aliphatic heterocycles. The van der Waals surface area contributed by atoms with E-state index in [4.69, 9.17) is 23.2 Å². The average molecular weight is 260 g/mol. The second-order valence-corrected chi connectivity index (χ2v) is 4.76. The highest BCUT2D eigenvalue weighted by atomic mass is 35.5. The van der Waals surface area contributed by atoms with E-state index >= 15 is 0 Å². The van der Waals surface area contributed by atoms with Crippen LogP contribution >= 0.6 is 23.2 Å². The summed E-state index contributed by atoms with van der Waals surface area (Å²) >= 11 is 11.7. The third kappa shape index (κ3) is 1.79. The summed E-state index contributed by atoms with van der Waals surface area (Å²) in [5, 5.41) is 13.3. The van der Waals surface area contributed by atoms with E-state index < -0.39 is 11.4 Å². The predicted molar refractivity (Wildman–Crippen MR) is 63.3 cm³/mol. The van der Waals surface area contributed by atoms with Gasteiger partial charge in [-0.05, 0) is 30.7 Å². The molecule has 0 saturated carbocycles. The Kier molecular flexibility index (Phi) is 3.10. The van der Waals surface area contributed by atoms with Gasteiger partial charge < -0.3 is 10.4 Å². The molecule has 1 heterocycles. The van der Waals surface area contributed by atoms with E-state index in [0.29, 0.717) is 35.1 Å². The van der Waals surface area contributed by atoms with E-state index in [1.54, 1.807) is 18.2 Å². The Balaban J connectivity index is 2.47. The first-order valence-electron chi connectivity index (χ1n) is 4.96. The Labute approximate surface area is 103 Å². The maximum atomic E-state index is 11.4. The van der Waals surface area contributed by atoms with Gasteiger partial charge in [-0.2, -0.15) is 0 Å². The first-order valence-corrected chi connectivity index (χ1v) is 5.71. The van der Waals surface area contributed by atoms with Crippen LogP contribution in [0.2, 0.25) is 10.0 Å². The average Bonchev–Trinajstić information content (AvgIpc) is 2.72. The van der Waals surface area contributed by atoms with Crippen LogP contribution in [0.1, 0.15) is 12.0 Å². The molecular formula is C11H11Cl2NO2. The monoisotopic (exact) mass is 259 g/mol. The molecule has 86 valence electrons. The molecule has 5 heteroatoms. The van der Waals surface area contributed by atoms with Crippen LogP contribution in [0.25, 0.3) is 0 Å². The summed E-state index contributed by atoms with van der Waals surface area (Å²) in [6.45, 7) is 1.13. The van der Waals surface area contributed by atoms with Gasteiger partial charge in [0.15, 0.2) is 0 Å². The van der Waals surface area contributed by atoms with Gasteiger partial charge in [0.1, 0.15) is 5.41 Å². The summed E-state index contributed by atoms with van der Waals surface area (Å²) in [5.74, 6) is -0.823. The molecule has 0 spiro atoms. The SMILES string of the molecule is O=C(O)C1(c2ccc(Cl)c(Cl)c2)CCNC1. The number of rotatable bonds is 2. The number of aliphatic carboxylic acids is 1. The number of carbonyl (C=O) groups is 1. The van der Waals surface area contributed by atoms with Crippen LogP contribution in [0.15, 0.2) is 18.2 Å². The minimum absolute atomic E-state index is 0.395. The maximum absolute atomic E-state index is 11.4. The number of halogens is 2. The van der Waals surface area contributed by atoms with E-state index in [0.717, 1.165) is 0 Å². The highest BCUT2D eigenvalue weighted by Gasteiger charge is 2.43. The topological polar surface area (TPSA) is 49.3 Å². The molecule has 0 aromatic heterocycles. The van der Waals surface area contributed by atoms with Crippen LogP contribution in [0.3, 0.4) is 0 Å². The second kappa shape index (κ2) is 4.24. The zero-order valence-corrected chi connectivity index (χ0v) is 9.98. The van der Waals surface area contributed by atoms with Crippen molar-refractivity contribution in [3.63, 3.8) is 0 Å². The Hall–Kier alpha value is -0.770. The van der Waals surface area contributed by atoms with Crippen LogP contribution in [0.5, 0.6) is 0 Å². The minimum Gasteiger partial charge on any atom is -0.481 e. The number of nitrogens with one attached hydrogen (secondary N) is 1. The molecule has 0 aliphatic carbocycles. The molecule has 1 aromatic rings. The smallest absolute Gasteiger partial charge is 0.315 e. The standard InChI is InChI=1S/C11H11Cl2NO2/c12-8-2-1-7(5-9(8)13)11(10(15)16)3-4-14-6-11/h1-2,5,14H,3-4,6H2,(H,15,16). The van der Waals surface area contributed by atoms with Gasteiger partial charge in [-0.15, -0.1) is 0 Å². The third-order valence-electron chi connectivity index (χ3n) is 3.04. The normalized spacial score (nSPS) is 24.6. The largest absolute Gasteiger partial charge is 0.481 e. The number of carboxylic acid groups (broad SMARTS) is 1. The van der Waals surface area contributed by atoms with Gasteiger partial charge in [0.25, 0.3) is 0 Å². The van der Waals surface area contributed by atoms with Crippen molar-refractivity contribution in [2.45, 2.75) is 11.8 Å². The number of benzene rings is 1. The van der Waals surface area contributed by atoms with Crippen molar-refractivity contribution < 1.29 is 9.90 Å². The summed E-state index contributed by atoms with van der Waals surface area (Å²) in [4.78, 5) is 11.4. The maximum Gasteiger partial charge on any atom is 0.315 e. The zero-order valence-electron chi connectivity index (χ0n) is 8.46. The summed E-state index contributed by atoms with van der Waals surface area (Å²) in [7, 11) is 0. The van der Waals surface area contributed by atoms with Gasteiger partial charge in [-0.1, -0.05) is 29.3 Å². The number of carboxylic acids is 1. The first kappa shape index (κ1) is 11.7. The van der Waals surface area contributed by atoms with Gasteiger partial charge in [-0.3, -0.25) is 4.79 Å². The molecule has 1 unspecified atom stereocenters. The summed E-state index contributed by atoms with van der Waals surface area (Å²) in [6, 6.07) is 5.02. The Morgan fingerprint density at radius 1 is 1.38 bits per heavy atom. The zero-order chi connectivity index (χ0) is 11.8. The molecule has 0 radical (unpaired) electrons. The lowest BCUT2D eigenvalue weighted by Gasteiger charge is -2.23. The van der Waals surface area contributed by atoms with Gasteiger partial charge >= 0.3 is 5.97 Å². The fourth-order valence-electron chi connectivity index (χ4n) is 2.04. The second-order valence-electron chi connectivity index (χ2n) is 3.94. The molecule has 0 bridgehead atoms. The first-order chi connectivity index (χ1) is 7.56. The highest BCUT2D eigenvalue weighted by molar-refractivity contribution is 6.42. The van der Waals surface area contributed by atoms with Gasteiger partial charge in [0.05, 0.1) is 10.0 Å². The highest BCUT2D eigenvalue weighted by Crippen LogP contribution is 2.34. The Morgan fingerprint density at radius 2 is 2.12 bits per heavy atom. The molecular weight excluding hydrogens is 249 g/mol. The van der Waals surface area contributed by atoms with Crippen LogP contribution in [-0.4, -0.2) is 24.2 Å². The quantitative estimate of drug-likeness (QED) is 0.857. The fourth-order valence-corrected chi connectivity index (χ4v) is 2.34. The number of hydrogen-bond acceptors (Lipinski definition) is 2. The van der Waals surface area contributed by atoms with Crippen molar-refractivity contribution in [1.82, 2.24) is 5.32 Å². The summed E-state index contributed by atoms with van der Waals surface area (Å²) < 4.78 is 0. The van der Waals surface area contributed by atoms with E-state index in [-0.39, 0.29) is 0 Å². The molecule has 1 atom stereocenters. The lowest BCUT2D eigenvalue weighted by atomic mass is 9.80. The van der Waals surface area contributed by atoms with Gasteiger partial charge in [0, 0.05) is 6.54 Å². The number of hydrogen-bond donors (Lipinski definition) is 2. The van der Waals surface area contributed by atoms with Crippen LogP contribution < -0.4 is 5.32 Å². The van der Waals surface area contributed by atoms with Gasteiger partial charge in [-0.25, -0.2) is 0 Å². The molecule has 16 heavy (non-hydrogen) atoms. The van der Waals surface area contributed by atoms with Crippen LogP contribution in [0, 0.1) is 0 Å². The molecule has 1 aliphatic rings. The lowest BCUT2D eigenvalue weighted by molar-refractivity contribution is -0.143. The van der Waals surface area contributed by atoms with Crippen LogP contribution in [0.4, 0.5) is 0 Å². The van der Waals surface area contributed by atoms with Crippen LogP contribution in [-0.2, 0) is 10.2 Å². The predicted octanol–water partition coefficient (Wildman–Crippen LogP) is 2.31. The summed E-state index contributed by atoms with van der Waals surface area (Å²) in [6.07, 6.45) is 0.570. The Morgan fingerprint density at radius 3 is 2.62 bits per heavy atom. The minimum atomic E-state index is -0.867. The van der Waals surface area contributed by atoms with Crippen molar-refractivity contribution in [3.05, 3.63) is 33.8 Å². The van der Waals surface area contributed by atoms with Crippen molar-refractivity contribution in [1.29, 1.82) is 0 Å². The fraction of sp³-hybridized carbons (Fsp3) is 0.364. The molecule has 1 aromatic carbocycles. The van der Waals surface area contributed by atoms with Crippen molar-refractivity contribution in [2.75, 3.05) is 13.1 Å². The molecule has 1 fully saturated rings. The van der Waals surface area contributed by atoms with E-state index in [2.05, 4.69) is 5.32 Å². The van der Waals surface area contributed by atoms with Gasteiger partial charge in [0.2, 0.25) is 0 Å². The molecule has 0 amide bonds. The lowest BCUT2D eigenvalue weighted by Crippen LogP contribution is -2.37. The summed E-state index contributed by atoms with van der Waals surface area (Å²) in [5.41, 5.74) is -0.159.